The lowest BCUT2D eigenvalue weighted by Crippen LogP contribution is -2.37. The van der Waals surface area contributed by atoms with Crippen molar-refractivity contribution in [2.75, 3.05) is 0 Å². The fraction of sp³-hybridized carbons (Fsp3) is 0.345. The number of carbonyl (C=O) groups excluding carboxylic acids is 2. The molecule has 8 heteroatoms. The van der Waals surface area contributed by atoms with Gasteiger partial charge in [0.15, 0.2) is 0 Å². The molecule has 2 aliphatic rings. The summed E-state index contributed by atoms with van der Waals surface area (Å²) in [5.41, 5.74) is 1.63. The minimum Gasteiger partial charge on any atom is -0.487 e. The number of halogens is 2. The molecule has 37 heavy (non-hydrogen) atoms. The molecule has 0 unspecified atom stereocenters. The number of amides is 2. The number of pyridine rings is 1. The van der Waals surface area contributed by atoms with Gasteiger partial charge in [0.05, 0.1) is 29.1 Å². The highest BCUT2D eigenvalue weighted by molar-refractivity contribution is 6.07. The first-order chi connectivity index (χ1) is 17.3. The molecule has 2 amide bonds. The van der Waals surface area contributed by atoms with Crippen LogP contribution in [0.4, 0.5) is 13.6 Å². The maximum Gasteiger partial charge on any atom is 0.417 e. The van der Waals surface area contributed by atoms with E-state index in [1.54, 1.807) is 20.8 Å². The Morgan fingerprint density at radius 3 is 2.49 bits per heavy atom. The van der Waals surface area contributed by atoms with Crippen LogP contribution in [0.15, 0.2) is 42.5 Å². The fourth-order valence-corrected chi connectivity index (χ4v) is 4.82. The summed E-state index contributed by atoms with van der Waals surface area (Å²) in [6.45, 7) is 9.00. The van der Waals surface area contributed by atoms with Gasteiger partial charge in [0.2, 0.25) is 0 Å². The minimum absolute atomic E-state index is 0.0572. The summed E-state index contributed by atoms with van der Waals surface area (Å²) in [6.07, 6.45) is 0.264. The molecule has 3 heterocycles. The van der Waals surface area contributed by atoms with E-state index in [1.807, 2.05) is 32.0 Å². The number of aromatic nitrogens is 1. The van der Waals surface area contributed by atoms with Crippen LogP contribution < -0.4 is 4.74 Å². The summed E-state index contributed by atoms with van der Waals surface area (Å²) in [7, 11) is 0. The van der Waals surface area contributed by atoms with Gasteiger partial charge in [0, 0.05) is 6.42 Å². The third kappa shape index (κ3) is 4.80. The van der Waals surface area contributed by atoms with Gasteiger partial charge in [-0.15, -0.1) is 0 Å². The van der Waals surface area contributed by atoms with Crippen LogP contribution in [0.1, 0.15) is 67.4 Å². The standard InChI is InChI=1S/C29H28F2N2O4/c1-28(2,3)37-27(35)33-15-22-24(26(33)34)18(13-21(32-22)25-19(30)7-6-8-20(25)31)11-16-9-10-17-14-29(4,5)36-23(17)12-16/h6-10,12-13H,11,14-15H2,1-5H3. The molecular weight excluding hydrogens is 478 g/mol. The Morgan fingerprint density at radius 2 is 1.81 bits per heavy atom. The van der Waals surface area contributed by atoms with Gasteiger partial charge in [-0.05, 0) is 82.0 Å². The topological polar surface area (TPSA) is 68.7 Å². The first-order valence-electron chi connectivity index (χ1n) is 12.1. The summed E-state index contributed by atoms with van der Waals surface area (Å²) in [5, 5.41) is 0. The van der Waals surface area contributed by atoms with Crippen LogP contribution in [0.2, 0.25) is 0 Å². The molecule has 192 valence electrons. The van der Waals surface area contributed by atoms with Crippen LogP contribution in [0.3, 0.4) is 0 Å². The molecule has 1 aromatic heterocycles. The highest BCUT2D eigenvalue weighted by Gasteiger charge is 2.38. The summed E-state index contributed by atoms with van der Waals surface area (Å²) in [4.78, 5) is 31.6. The number of carbonyl (C=O) groups is 2. The predicted octanol–water partition coefficient (Wildman–Crippen LogP) is 6.22. The number of fused-ring (bicyclic) bond motifs is 2. The van der Waals surface area contributed by atoms with Crippen molar-refractivity contribution in [2.24, 2.45) is 0 Å². The molecule has 0 saturated heterocycles. The van der Waals surface area contributed by atoms with E-state index in [-0.39, 0.29) is 41.1 Å². The lowest BCUT2D eigenvalue weighted by atomic mass is 9.95. The first-order valence-corrected chi connectivity index (χ1v) is 12.1. The van der Waals surface area contributed by atoms with Crippen molar-refractivity contribution in [3.05, 3.63) is 82.0 Å². The molecule has 0 N–H and O–H groups in total. The summed E-state index contributed by atoms with van der Waals surface area (Å²) in [6, 6.07) is 11.0. The average Bonchev–Trinajstić information content (AvgIpc) is 3.27. The maximum atomic E-state index is 14.7. The Hall–Kier alpha value is -3.81. The molecule has 0 spiro atoms. The second-order valence-electron chi connectivity index (χ2n) is 11.1. The number of benzene rings is 2. The number of ether oxygens (including phenoxy) is 2. The van der Waals surface area contributed by atoms with E-state index in [9.17, 15) is 18.4 Å². The molecule has 2 aromatic carbocycles. The molecule has 0 fully saturated rings. The maximum absolute atomic E-state index is 14.7. The highest BCUT2D eigenvalue weighted by Crippen LogP contribution is 2.37. The summed E-state index contributed by atoms with van der Waals surface area (Å²) in [5.74, 6) is -1.30. The second-order valence-corrected chi connectivity index (χ2v) is 11.1. The zero-order chi connectivity index (χ0) is 26.7. The zero-order valence-corrected chi connectivity index (χ0v) is 21.4. The quantitative estimate of drug-likeness (QED) is 0.422. The van der Waals surface area contributed by atoms with E-state index in [2.05, 4.69) is 4.98 Å². The lowest BCUT2D eigenvalue weighted by molar-refractivity contribution is 0.0247. The molecule has 3 aromatic rings. The van der Waals surface area contributed by atoms with Gasteiger partial charge in [-0.1, -0.05) is 18.2 Å². The van der Waals surface area contributed by atoms with Gasteiger partial charge in [-0.2, -0.15) is 0 Å². The van der Waals surface area contributed by atoms with Crippen LogP contribution in [-0.4, -0.2) is 33.1 Å². The molecular formula is C29H28F2N2O4. The number of hydrogen-bond acceptors (Lipinski definition) is 5. The summed E-state index contributed by atoms with van der Waals surface area (Å²) >= 11 is 0. The molecule has 6 nitrogen and oxygen atoms in total. The normalized spacial score (nSPS) is 15.9. The smallest absolute Gasteiger partial charge is 0.417 e. The third-order valence-electron chi connectivity index (χ3n) is 6.30. The van der Waals surface area contributed by atoms with Crippen molar-refractivity contribution >= 4 is 12.0 Å². The lowest BCUT2D eigenvalue weighted by Gasteiger charge is -2.23. The van der Waals surface area contributed by atoms with Crippen LogP contribution in [0.5, 0.6) is 5.75 Å². The van der Waals surface area contributed by atoms with Crippen LogP contribution >= 0.6 is 0 Å². The number of nitrogens with zero attached hydrogens (tertiary/aromatic N) is 2. The molecule has 0 saturated carbocycles. The van der Waals surface area contributed by atoms with E-state index in [0.29, 0.717) is 5.56 Å². The van der Waals surface area contributed by atoms with E-state index in [0.717, 1.165) is 40.3 Å². The van der Waals surface area contributed by atoms with Crippen LogP contribution in [0, 0.1) is 11.6 Å². The van der Waals surface area contributed by atoms with E-state index in [4.69, 9.17) is 9.47 Å². The predicted molar refractivity (Wildman–Crippen MR) is 133 cm³/mol. The Kier molecular flexibility index (Phi) is 5.81. The summed E-state index contributed by atoms with van der Waals surface area (Å²) < 4.78 is 40.8. The second kappa shape index (κ2) is 8.64. The van der Waals surface area contributed by atoms with Gasteiger partial charge < -0.3 is 9.47 Å². The Labute approximate surface area is 214 Å². The molecule has 0 bridgehead atoms. The van der Waals surface area contributed by atoms with Gasteiger partial charge in [0.25, 0.3) is 5.91 Å². The van der Waals surface area contributed by atoms with E-state index < -0.39 is 29.2 Å². The van der Waals surface area contributed by atoms with E-state index >= 15 is 0 Å². The minimum atomic E-state index is -0.804. The third-order valence-corrected chi connectivity index (χ3v) is 6.30. The van der Waals surface area contributed by atoms with Crippen molar-refractivity contribution in [3.63, 3.8) is 0 Å². The molecule has 0 atom stereocenters. The zero-order valence-electron chi connectivity index (χ0n) is 21.4. The molecule has 5 rings (SSSR count). The SMILES string of the molecule is CC(C)(C)OC(=O)N1Cc2nc(-c3c(F)cccc3F)cc(Cc3ccc4c(c3)OC(C)(C)C4)c2C1=O. The van der Waals surface area contributed by atoms with Gasteiger partial charge in [-0.3, -0.25) is 4.79 Å². The molecule has 2 aliphatic heterocycles. The monoisotopic (exact) mass is 506 g/mol. The van der Waals surface area contributed by atoms with Gasteiger partial charge in [-0.25, -0.2) is 23.5 Å². The number of imide groups is 1. The van der Waals surface area contributed by atoms with E-state index in [1.165, 1.54) is 12.1 Å². The Balaban J connectivity index is 1.58. The molecule has 0 aliphatic carbocycles. The Morgan fingerprint density at radius 1 is 1.11 bits per heavy atom. The van der Waals surface area contributed by atoms with Crippen LogP contribution in [-0.2, 0) is 24.1 Å². The Bertz CT molecular complexity index is 1420. The van der Waals surface area contributed by atoms with Gasteiger partial charge in [0.1, 0.15) is 28.6 Å². The van der Waals surface area contributed by atoms with Crippen molar-refractivity contribution in [1.29, 1.82) is 0 Å². The van der Waals surface area contributed by atoms with Crippen molar-refractivity contribution < 1.29 is 27.8 Å². The number of hydrogen-bond donors (Lipinski definition) is 0. The number of rotatable bonds is 3. The fourth-order valence-electron chi connectivity index (χ4n) is 4.82. The largest absolute Gasteiger partial charge is 0.487 e. The molecule has 0 radical (unpaired) electrons. The van der Waals surface area contributed by atoms with Gasteiger partial charge >= 0.3 is 6.09 Å². The first kappa shape index (κ1) is 24.9. The van der Waals surface area contributed by atoms with Crippen molar-refractivity contribution in [3.8, 4) is 17.0 Å². The van der Waals surface area contributed by atoms with Crippen molar-refractivity contribution in [2.45, 2.75) is 65.2 Å². The van der Waals surface area contributed by atoms with Crippen molar-refractivity contribution in [1.82, 2.24) is 9.88 Å². The van der Waals surface area contributed by atoms with Crippen LogP contribution in [0.25, 0.3) is 11.3 Å². The highest BCUT2D eigenvalue weighted by atomic mass is 19.1. The average molecular weight is 507 g/mol.